The Balaban J connectivity index is 1.77. The first kappa shape index (κ1) is 20.5. The molecule has 31 heavy (non-hydrogen) atoms. The minimum absolute atomic E-state index is 0.0744. The van der Waals surface area contributed by atoms with Gasteiger partial charge in [-0.2, -0.15) is 0 Å². The highest BCUT2D eigenvalue weighted by Crippen LogP contribution is 2.34. The summed E-state index contributed by atoms with van der Waals surface area (Å²) in [7, 11) is -2.28. The molecule has 4 aromatic rings. The topological polar surface area (TPSA) is 110 Å². The highest BCUT2D eigenvalue weighted by atomic mass is 32.2. The van der Waals surface area contributed by atoms with Gasteiger partial charge < -0.3 is 19.8 Å². The van der Waals surface area contributed by atoms with Gasteiger partial charge in [0.05, 0.1) is 29.1 Å². The minimum Gasteiger partial charge on any atom is -0.495 e. The van der Waals surface area contributed by atoms with Crippen LogP contribution in [0.15, 0.2) is 93.1 Å². The van der Waals surface area contributed by atoms with Crippen molar-refractivity contribution in [3.63, 3.8) is 0 Å². The zero-order chi connectivity index (χ0) is 22.0. The van der Waals surface area contributed by atoms with Crippen LogP contribution in [0.5, 0.6) is 5.75 Å². The van der Waals surface area contributed by atoms with Crippen molar-refractivity contribution in [1.29, 1.82) is 5.41 Å². The lowest BCUT2D eigenvalue weighted by Gasteiger charge is -2.24. The van der Waals surface area contributed by atoms with Gasteiger partial charge in [-0.05, 0) is 42.5 Å². The summed E-state index contributed by atoms with van der Waals surface area (Å²) in [5, 5.41) is 9.02. The quantitative estimate of drug-likeness (QED) is 0.347. The van der Waals surface area contributed by atoms with Crippen molar-refractivity contribution >= 4 is 32.5 Å². The van der Waals surface area contributed by atoms with Crippen LogP contribution in [-0.4, -0.2) is 21.5 Å². The van der Waals surface area contributed by atoms with E-state index in [2.05, 4.69) is 0 Å². The summed E-state index contributed by atoms with van der Waals surface area (Å²) in [6.07, 6.45) is 0. The summed E-state index contributed by atoms with van der Waals surface area (Å²) in [5.74, 6) is 0.695. The van der Waals surface area contributed by atoms with Crippen molar-refractivity contribution in [2.45, 2.75) is 16.3 Å². The Bertz CT molecular complexity index is 1310. The molecule has 0 atom stereocenters. The van der Waals surface area contributed by atoms with Crippen LogP contribution in [0.4, 0.5) is 5.69 Å². The van der Waals surface area contributed by atoms with E-state index >= 15 is 0 Å². The minimum atomic E-state index is -3.76. The molecule has 1 aromatic heterocycles. The molecule has 0 aliphatic rings. The third-order valence-electron chi connectivity index (χ3n) is 4.89. The number of nitrogens with zero attached hydrogens (tertiary/aromatic N) is 1. The van der Waals surface area contributed by atoms with Gasteiger partial charge in [0.15, 0.2) is 5.96 Å². The Hall–Kier alpha value is -3.78. The number of ether oxygens (including phenoxy) is 1. The number of guanidine groups is 1. The summed E-state index contributed by atoms with van der Waals surface area (Å²) in [5.41, 5.74) is 6.94. The van der Waals surface area contributed by atoms with Gasteiger partial charge in [-0.15, -0.1) is 0 Å². The smallest absolute Gasteiger partial charge is 0.206 e. The first-order valence-corrected chi connectivity index (χ1v) is 11.0. The number of hydrogen-bond acceptors (Lipinski definition) is 5. The van der Waals surface area contributed by atoms with E-state index in [0.717, 1.165) is 5.39 Å². The average Bonchev–Trinajstić information content (AvgIpc) is 3.20. The number of sulfone groups is 1. The van der Waals surface area contributed by atoms with Crippen LogP contribution in [0, 0.1) is 5.41 Å². The molecular weight excluding hydrogens is 414 g/mol. The fourth-order valence-electron chi connectivity index (χ4n) is 3.35. The number of fused-ring (bicyclic) bond motifs is 1. The number of nitrogens with one attached hydrogen (secondary N) is 1. The molecular formula is C23H21N3O4S. The lowest BCUT2D eigenvalue weighted by Crippen LogP contribution is -2.36. The zero-order valence-electron chi connectivity index (χ0n) is 16.8. The third kappa shape index (κ3) is 3.97. The monoisotopic (exact) mass is 435 g/mol. The normalized spacial score (nSPS) is 11.4. The second-order valence-corrected chi connectivity index (χ2v) is 8.82. The number of para-hydroxylation sites is 1. The van der Waals surface area contributed by atoms with Crippen molar-refractivity contribution in [3.05, 3.63) is 84.6 Å². The van der Waals surface area contributed by atoms with Crippen LogP contribution in [0.1, 0.15) is 5.76 Å². The van der Waals surface area contributed by atoms with E-state index in [1.165, 1.54) is 36.3 Å². The molecule has 0 amide bonds. The van der Waals surface area contributed by atoms with Crippen molar-refractivity contribution in [1.82, 2.24) is 0 Å². The van der Waals surface area contributed by atoms with Gasteiger partial charge in [0.25, 0.3) is 0 Å². The predicted molar refractivity (Wildman–Crippen MR) is 119 cm³/mol. The molecule has 3 N–H and O–H groups in total. The molecule has 4 rings (SSSR count). The molecule has 0 saturated heterocycles. The second kappa shape index (κ2) is 8.16. The molecule has 7 nitrogen and oxygen atoms in total. The van der Waals surface area contributed by atoms with Gasteiger partial charge in [0, 0.05) is 5.39 Å². The van der Waals surface area contributed by atoms with Crippen LogP contribution < -0.4 is 15.4 Å². The van der Waals surface area contributed by atoms with Gasteiger partial charge in [-0.3, -0.25) is 5.41 Å². The molecule has 158 valence electrons. The lowest BCUT2D eigenvalue weighted by molar-refractivity contribution is 0.414. The first-order chi connectivity index (χ1) is 14.9. The summed E-state index contributed by atoms with van der Waals surface area (Å²) < 4.78 is 37.5. The number of nitrogens with two attached hydrogens (primary N) is 1. The number of methoxy groups -OCH3 is 1. The predicted octanol–water partition coefficient (Wildman–Crippen LogP) is 4.17. The van der Waals surface area contributed by atoms with Crippen LogP contribution in [0.25, 0.3) is 11.0 Å². The Morgan fingerprint density at radius 3 is 2.39 bits per heavy atom. The molecule has 0 saturated carbocycles. The lowest BCUT2D eigenvalue weighted by atomic mass is 10.2. The molecule has 0 unspecified atom stereocenters. The Morgan fingerprint density at radius 2 is 1.71 bits per heavy atom. The van der Waals surface area contributed by atoms with Gasteiger partial charge in [-0.1, -0.05) is 36.4 Å². The van der Waals surface area contributed by atoms with Crippen molar-refractivity contribution in [3.8, 4) is 5.75 Å². The highest BCUT2D eigenvalue weighted by Gasteiger charge is 2.23. The number of furan rings is 1. The molecule has 0 aliphatic heterocycles. The number of hydrogen-bond donors (Lipinski definition) is 2. The summed E-state index contributed by atoms with van der Waals surface area (Å²) in [6.45, 7) is 0.134. The molecule has 0 aliphatic carbocycles. The summed E-state index contributed by atoms with van der Waals surface area (Å²) in [6, 6.07) is 22.1. The van der Waals surface area contributed by atoms with E-state index in [0.29, 0.717) is 22.8 Å². The maximum absolute atomic E-state index is 13.1. The van der Waals surface area contributed by atoms with Crippen molar-refractivity contribution in [2.24, 2.45) is 5.73 Å². The maximum Gasteiger partial charge on any atom is 0.206 e. The van der Waals surface area contributed by atoms with E-state index in [4.69, 9.17) is 20.3 Å². The van der Waals surface area contributed by atoms with E-state index in [9.17, 15) is 8.42 Å². The van der Waals surface area contributed by atoms with E-state index in [1.807, 2.05) is 30.3 Å². The summed E-state index contributed by atoms with van der Waals surface area (Å²) in [4.78, 5) is 1.70. The van der Waals surface area contributed by atoms with Crippen molar-refractivity contribution < 1.29 is 17.6 Å². The highest BCUT2D eigenvalue weighted by molar-refractivity contribution is 7.91. The largest absolute Gasteiger partial charge is 0.495 e. The number of benzene rings is 3. The first-order valence-electron chi connectivity index (χ1n) is 9.47. The average molecular weight is 436 g/mol. The van der Waals surface area contributed by atoms with E-state index < -0.39 is 9.84 Å². The maximum atomic E-state index is 13.1. The number of anilines is 1. The molecule has 8 heteroatoms. The molecule has 0 radical (unpaired) electrons. The van der Waals surface area contributed by atoms with Gasteiger partial charge >= 0.3 is 0 Å². The van der Waals surface area contributed by atoms with Gasteiger partial charge in [-0.25, -0.2) is 8.42 Å². The SMILES string of the molecule is COc1ccc(S(=O)(=O)c2ccccc2)cc1N(Cc1cc2ccccc2o1)C(=N)N. The summed E-state index contributed by atoms with van der Waals surface area (Å²) >= 11 is 0. The van der Waals surface area contributed by atoms with Crippen LogP contribution in [-0.2, 0) is 16.4 Å². The standard InChI is InChI=1S/C23H21N3O4S/c1-29-22-12-11-19(31(27,28)18-8-3-2-4-9-18)14-20(22)26(23(24)25)15-17-13-16-7-5-6-10-21(16)30-17/h2-14H,15H2,1H3,(H3,24,25). The zero-order valence-corrected chi connectivity index (χ0v) is 17.6. The second-order valence-electron chi connectivity index (χ2n) is 6.87. The van der Waals surface area contributed by atoms with E-state index in [-0.39, 0.29) is 22.3 Å². The van der Waals surface area contributed by atoms with Crippen LogP contribution >= 0.6 is 0 Å². The van der Waals surface area contributed by atoms with E-state index in [1.54, 1.807) is 24.3 Å². The number of rotatable bonds is 6. The van der Waals surface area contributed by atoms with Gasteiger partial charge in [0.1, 0.15) is 17.1 Å². The third-order valence-corrected chi connectivity index (χ3v) is 6.65. The Kier molecular flexibility index (Phi) is 5.39. The Labute approximate surface area is 180 Å². The Morgan fingerprint density at radius 1 is 1.00 bits per heavy atom. The van der Waals surface area contributed by atoms with Crippen LogP contribution in [0.3, 0.4) is 0 Å². The molecule has 3 aromatic carbocycles. The fourth-order valence-corrected chi connectivity index (χ4v) is 4.66. The van der Waals surface area contributed by atoms with Gasteiger partial charge in [0.2, 0.25) is 9.84 Å². The van der Waals surface area contributed by atoms with Crippen molar-refractivity contribution in [2.75, 3.05) is 12.0 Å². The molecule has 0 spiro atoms. The molecule has 0 fully saturated rings. The molecule has 0 bridgehead atoms. The molecule has 1 heterocycles. The van der Waals surface area contributed by atoms with Crippen LogP contribution in [0.2, 0.25) is 0 Å². The fraction of sp³-hybridized carbons (Fsp3) is 0.0870.